The minimum atomic E-state index is -1.20. The van der Waals surface area contributed by atoms with Crippen LogP contribution in [0, 0.1) is 0 Å². The third-order valence-electron chi connectivity index (χ3n) is 6.69. The van der Waals surface area contributed by atoms with Crippen LogP contribution >= 0.6 is 0 Å². The van der Waals surface area contributed by atoms with Gasteiger partial charge in [0, 0.05) is 32.7 Å². The maximum absolute atomic E-state index is 12.9. The van der Waals surface area contributed by atoms with E-state index in [1.807, 2.05) is 27.7 Å². The molecule has 0 fully saturated rings. The average Bonchev–Trinajstić information content (AvgIpc) is 3.01. The van der Waals surface area contributed by atoms with Crippen molar-refractivity contribution in [3.05, 3.63) is 0 Å². The van der Waals surface area contributed by atoms with Crippen molar-refractivity contribution in [1.29, 1.82) is 0 Å². The van der Waals surface area contributed by atoms with Gasteiger partial charge in [-0.2, -0.15) is 0 Å². The summed E-state index contributed by atoms with van der Waals surface area (Å²) in [7, 11) is 0. The van der Waals surface area contributed by atoms with Crippen molar-refractivity contribution in [2.45, 2.75) is 111 Å². The zero-order valence-corrected chi connectivity index (χ0v) is 27.9. The number of nitrogens with zero attached hydrogens (tertiary/aromatic N) is 2. The second-order valence-electron chi connectivity index (χ2n) is 10.7. The van der Waals surface area contributed by atoms with Gasteiger partial charge in [0.05, 0.1) is 26.4 Å². The van der Waals surface area contributed by atoms with Crippen molar-refractivity contribution in [1.82, 2.24) is 20.4 Å². The van der Waals surface area contributed by atoms with Crippen LogP contribution in [0.1, 0.15) is 105 Å². The van der Waals surface area contributed by atoms with Crippen LogP contribution in [0.5, 0.6) is 0 Å². The van der Waals surface area contributed by atoms with Gasteiger partial charge in [-0.05, 0) is 51.4 Å². The summed E-state index contributed by atoms with van der Waals surface area (Å²) in [5.41, 5.74) is 0. The van der Waals surface area contributed by atoms with Crippen LogP contribution in [-0.4, -0.2) is 110 Å². The smallest absolute Gasteiger partial charge is 0.410 e. The summed E-state index contributed by atoms with van der Waals surface area (Å²) in [5.74, 6) is -1.20. The Balaban J connectivity index is 5.25. The number of nitrogens with one attached hydrogen (secondary N) is 2. The van der Waals surface area contributed by atoms with Gasteiger partial charge in [-0.15, -0.1) is 0 Å². The highest BCUT2D eigenvalue weighted by molar-refractivity contribution is 5.80. The molecule has 4 amide bonds. The summed E-state index contributed by atoms with van der Waals surface area (Å²) in [6, 6.07) is -1.20. The number of carbonyl (C=O) groups excluding carboxylic acids is 4. The van der Waals surface area contributed by atoms with Gasteiger partial charge in [0.1, 0.15) is 6.04 Å². The van der Waals surface area contributed by atoms with E-state index in [1.165, 1.54) is 9.80 Å². The number of carbonyl (C=O) groups is 5. The van der Waals surface area contributed by atoms with Gasteiger partial charge >= 0.3 is 30.3 Å². The minimum absolute atomic E-state index is 0.0416. The van der Waals surface area contributed by atoms with Gasteiger partial charge in [0.15, 0.2) is 0 Å². The first-order valence-corrected chi connectivity index (χ1v) is 16.6. The molecule has 0 saturated heterocycles. The van der Waals surface area contributed by atoms with Gasteiger partial charge in [-0.25, -0.2) is 24.0 Å². The molecular formula is C31H58N4O10. The minimum Gasteiger partial charge on any atom is -0.480 e. The van der Waals surface area contributed by atoms with Gasteiger partial charge < -0.3 is 39.6 Å². The Morgan fingerprint density at radius 3 is 1.47 bits per heavy atom. The third kappa shape index (κ3) is 21.8. The van der Waals surface area contributed by atoms with Crippen LogP contribution in [0.3, 0.4) is 0 Å². The van der Waals surface area contributed by atoms with Crippen molar-refractivity contribution in [3.63, 3.8) is 0 Å². The Hall–Kier alpha value is -3.45. The third-order valence-corrected chi connectivity index (χ3v) is 6.69. The number of alkyl carbamates (subject to hydrolysis) is 2. The SMILES string of the molecule is CCCCOC(=O)NCCCN(CCCC(C(=O)O)N(CCCNC(=O)OCCCC)C(=O)OCCCC)C(=O)OCCCC. The van der Waals surface area contributed by atoms with Crippen LogP contribution in [0.25, 0.3) is 0 Å². The molecule has 1 atom stereocenters. The van der Waals surface area contributed by atoms with Crippen molar-refractivity contribution in [2.75, 3.05) is 59.2 Å². The van der Waals surface area contributed by atoms with E-state index in [2.05, 4.69) is 10.6 Å². The number of rotatable bonds is 26. The Kier molecular flexibility index (Phi) is 25.9. The van der Waals surface area contributed by atoms with Gasteiger partial charge in [0.2, 0.25) is 0 Å². The summed E-state index contributed by atoms with van der Waals surface area (Å²) in [4.78, 5) is 64.3. The molecule has 3 N–H and O–H groups in total. The summed E-state index contributed by atoms with van der Waals surface area (Å²) in [5, 5.41) is 15.3. The largest absolute Gasteiger partial charge is 0.480 e. The Bertz CT molecular complexity index is 830. The molecule has 0 aromatic carbocycles. The fourth-order valence-electron chi connectivity index (χ4n) is 3.96. The van der Waals surface area contributed by atoms with Crippen molar-refractivity contribution in [3.8, 4) is 0 Å². The highest BCUT2D eigenvalue weighted by Gasteiger charge is 2.30. The summed E-state index contributed by atoms with van der Waals surface area (Å²) < 4.78 is 20.9. The molecule has 14 nitrogen and oxygen atoms in total. The molecule has 0 saturated carbocycles. The lowest BCUT2D eigenvalue weighted by Crippen LogP contribution is -2.47. The van der Waals surface area contributed by atoms with E-state index >= 15 is 0 Å². The monoisotopic (exact) mass is 646 g/mol. The number of ether oxygens (including phenoxy) is 4. The predicted octanol–water partition coefficient (Wildman–Crippen LogP) is 5.53. The molecule has 0 heterocycles. The number of amides is 4. The maximum atomic E-state index is 12.9. The Labute approximate surface area is 268 Å². The molecule has 0 rings (SSSR count). The van der Waals surface area contributed by atoms with Crippen LogP contribution in [-0.2, 0) is 23.7 Å². The van der Waals surface area contributed by atoms with Crippen LogP contribution in [0.2, 0.25) is 0 Å². The second-order valence-corrected chi connectivity index (χ2v) is 10.7. The fourth-order valence-corrected chi connectivity index (χ4v) is 3.96. The molecule has 0 aliphatic carbocycles. The van der Waals surface area contributed by atoms with Crippen LogP contribution in [0.4, 0.5) is 19.2 Å². The fraction of sp³-hybridized carbons (Fsp3) is 0.839. The lowest BCUT2D eigenvalue weighted by Gasteiger charge is -2.29. The average molecular weight is 647 g/mol. The molecule has 0 aromatic rings. The van der Waals surface area contributed by atoms with E-state index in [0.29, 0.717) is 45.4 Å². The van der Waals surface area contributed by atoms with E-state index in [0.717, 1.165) is 38.5 Å². The molecule has 0 spiro atoms. The van der Waals surface area contributed by atoms with Crippen molar-refractivity contribution < 1.29 is 48.0 Å². The van der Waals surface area contributed by atoms with E-state index in [1.54, 1.807) is 0 Å². The van der Waals surface area contributed by atoms with Gasteiger partial charge in [0.25, 0.3) is 0 Å². The van der Waals surface area contributed by atoms with Gasteiger partial charge in [-0.3, -0.25) is 4.90 Å². The van der Waals surface area contributed by atoms with E-state index < -0.39 is 36.4 Å². The molecule has 0 bridgehead atoms. The van der Waals surface area contributed by atoms with E-state index in [4.69, 9.17) is 18.9 Å². The molecule has 0 aromatic heterocycles. The highest BCUT2D eigenvalue weighted by atomic mass is 16.6. The molecule has 0 aliphatic rings. The summed E-state index contributed by atoms with van der Waals surface area (Å²) >= 11 is 0. The second kappa shape index (κ2) is 28.1. The number of carboxylic acid groups (broad SMARTS) is 1. The molecule has 262 valence electrons. The lowest BCUT2D eigenvalue weighted by atomic mass is 10.1. The van der Waals surface area contributed by atoms with Crippen molar-refractivity contribution >= 4 is 30.3 Å². The number of hydrogen-bond donors (Lipinski definition) is 3. The Morgan fingerprint density at radius 1 is 0.578 bits per heavy atom. The first-order chi connectivity index (χ1) is 21.7. The van der Waals surface area contributed by atoms with E-state index in [-0.39, 0.29) is 52.2 Å². The van der Waals surface area contributed by atoms with Crippen LogP contribution < -0.4 is 10.6 Å². The molecule has 45 heavy (non-hydrogen) atoms. The molecule has 1 unspecified atom stereocenters. The standard InChI is InChI=1S/C31H58N4O10/c1-5-9-22-42-28(38)32-17-14-20-34(30(40)44-24-11-7-3)19-13-16-26(27(36)37)35(31(41)45-25-12-8-4)21-15-18-33-29(39)43-23-10-6-2/h26H,5-25H2,1-4H3,(H,32,38)(H,33,39)(H,36,37). The normalized spacial score (nSPS) is 11.2. The molecule has 0 radical (unpaired) electrons. The zero-order valence-electron chi connectivity index (χ0n) is 27.9. The highest BCUT2D eigenvalue weighted by Crippen LogP contribution is 2.13. The molecule has 0 aliphatic heterocycles. The quantitative estimate of drug-likeness (QED) is 0.0801. The first-order valence-electron chi connectivity index (χ1n) is 16.6. The lowest BCUT2D eigenvalue weighted by molar-refractivity contribution is -0.143. The predicted molar refractivity (Wildman–Crippen MR) is 169 cm³/mol. The Morgan fingerprint density at radius 2 is 1.00 bits per heavy atom. The number of aliphatic carboxylic acids is 1. The first kappa shape index (κ1) is 41.5. The number of carboxylic acids is 1. The van der Waals surface area contributed by atoms with Crippen LogP contribution in [0.15, 0.2) is 0 Å². The summed E-state index contributed by atoms with van der Waals surface area (Å²) in [6.07, 6.45) is 5.08. The number of hydrogen-bond acceptors (Lipinski definition) is 9. The topological polar surface area (TPSA) is 173 Å². The van der Waals surface area contributed by atoms with E-state index in [9.17, 15) is 29.1 Å². The molecule has 14 heteroatoms. The van der Waals surface area contributed by atoms with Crippen molar-refractivity contribution in [2.24, 2.45) is 0 Å². The summed E-state index contributed by atoms with van der Waals surface area (Å²) in [6.45, 7) is 9.99. The molecular weight excluding hydrogens is 588 g/mol. The van der Waals surface area contributed by atoms with Gasteiger partial charge in [-0.1, -0.05) is 53.4 Å². The number of unbranched alkanes of at least 4 members (excludes halogenated alkanes) is 4. The maximum Gasteiger partial charge on any atom is 0.410 e. The zero-order chi connectivity index (χ0) is 33.7.